The Morgan fingerprint density at radius 1 is 0.560 bits per heavy atom. The van der Waals surface area contributed by atoms with E-state index in [-0.39, 0.29) is 6.71 Å². The third kappa shape index (κ3) is 3.51. The zero-order chi connectivity index (χ0) is 33.1. The van der Waals surface area contributed by atoms with E-state index < -0.39 is 0 Å². The zero-order valence-electron chi connectivity index (χ0n) is 27.0. The van der Waals surface area contributed by atoms with Gasteiger partial charge in [0.1, 0.15) is 29.0 Å². The molecule has 0 N–H and O–H groups in total. The second-order valence-corrected chi connectivity index (χ2v) is 13.2. The molecule has 0 atom stereocenters. The van der Waals surface area contributed by atoms with Gasteiger partial charge in [-0.3, -0.25) is 0 Å². The highest BCUT2D eigenvalue weighted by Gasteiger charge is 2.42. The molecule has 232 valence electrons. The number of hydrogen-bond donors (Lipinski definition) is 0. The highest BCUT2D eigenvalue weighted by atomic mass is 16.5. The van der Waals surface area contributed by atoms with Crippen LogP contribution in [0.3, 0.4) is 0 Å². The van der Waals surface area contributed by atoms with Crippen LogP contribution in [0.1, 0.15) is 11.1 Å². The number of para-hydroxylation sites is 5. The number of aryl methyl sites for hydroxylation is 1. The second-order valence-electron chi connectivity index (χ2n) is 13.2. The lowest BCUT2D eigenvalue weighted by Crippen LogP contribution is -2.57. The third-order valence-corrected chi connectivity index (χ3v) is 10.5. The molecule has 0 unspecified atom stereocenters. The molecule has 4 heterocycles. The molecule has 11 rings (SSSR count). The standard InChI is InChI=1S/C44H26BN3O2/c1-26-21-22-36-31(23-26)29-12-3-6-16-34(29)47(36)37-18-10-13-30-28-11-2-7-17-35(28)48(43(30)37)42-27(25-46)24-40-41-44(42)50-39-20-9-5-15-33(39)45(41)32-14-4-8-19-38(32)49-40/h2-24H,1H3. The molecule has 9 aromatic rings. The summed E-state index contributed by atoms with van der Waals surface area (Å²) in [5, 5.41) is 15.5. The summed E-state index contributed by atoms with van der Waals surface area (Å²) in [6.45, 7) is 2.03. The van der Waals surface area contributed by atoms with Gasteiger partial charge < -0.3 is 18.6 Å². The van der Waals surface area contributed by atoms with Crippen LogP contribution in [0.15, 0.2) is 140 Å². The molecule has 0 saturated heterocycles. The van der Waals surface area contributed by atoms with Gasteiger partial charge in [0, 0.05) is 33.1 Å². The molecule has 2 aliphatic rings. The molecule has 50 heavy (non-hydrogen) atoms. The molecular formula is C44H26BN3O2. The van der Waals surface area contributed by atoms with Crippen LogP contribution in [0.5, 0.6) is 23.0 Å². The van der Waals surface area contributed by atoms with Gasteiger partial charge in [-0.15, -0.1) is 0 Å². The largest absolute Gasteiger partial charge is 0.458 e. The first kappa shape index (κ1) is 27.3. The third-order valence-electron chi connectivity index (χ3n) is 10.5. The van der Waals surface area contributed by atoms with Gasteiger partial charge in [0.25, 0.3) is 6.71 Å². The molecule has 0 aliphatic carbocycles. The molecule has 6 heteroatoms. The number of nitrogens with zero attached hydrogens (tertiary/aromatic N) is 3. The van der Waals surface area contributed by atoms with Crippen LogP contribution in [0.25, 0.3) is 55.0 Å². The molecule has 0 amide bonds. The molecule has 0 saturated carbocycles. The second kappa shape index (κ2) is 9.91. The van der Waals surface area contributed by atoms with Crippen molar-refractivity contribution in [2.45, 2.75) is 6.92 Å². The average molecular weight is 640 g/mol. The van der Waals surface area contributed by atoms with Crippen molar-refractivity contribution < 1.29 is 9.47 Å². The lowest BCUT2D eigenvalue weighted by atomic mass is 9.35. The fourth-order valence-corrected chi connectivity index (χ4v) is 8.50. The SMILES string of the molecule is Cc1ccc2c(c1)c1ccccc1n2-c1cccc2c3ccccc3n(-c3c(C#N)cc4c5c3Oc3ccccc3B5c3ccccc3O4)c12. The number of hydrogen-bond acceptors (Lipinski definition) is 3. The Bertz CT molecular complexity index is 2970. The lowest BCUT2D eigenvalue weighted by molar-refractivity contribution is 0.463. The van der Waals surface area contributed by atoms with Crippen LogP contribution in [0.2, 0.25) is 0 Å². The number of aromatic nitrogens is 2. The smallest absolute Gasteiger partial charge is 0.260 e. The summed E-state index contributed by atoms with van der Waals surface area (Å²) in [5.74, 6) is 2.87. The zero-order valence-corrected chi connectivity index (χ0v) is 27.0. The van der Waals surface area contributed by atoms with E-state index >= 15 is 0 Å². The quantitative estimate of drug-likeness (QED) is 0.178. The fourth-order valence-electron chi connectivity index (χ4n) is 8.50. The minimum absolute atomic E-state index is 0.116. The van der Waals surface area contributed by atoms with E-state index in [1.165, 1.54) is 16.3 Å². The Hall–Kier alpha value is -6.71. The van der Waals surface area contributed by atoms with E-state index in [1.807, 2.05) is 30.3 Å². The predicted octanol–water partition coefficient (Wildman–Crippen LogP) is 8.79. The summed E-state index contributed by atoms with van der Waals surface area (Å²) in [5.41, 5.74) is 10.8. The predicted molar refractivity (Wildman–Crippen MR) is 202 cm³/mol. The number of benzene rings is 7. The van der Waals surface area contributed by atoms with E-state index in [4.69, 9.17) is 9.47 Å². The van der Waals surface area contributed by atoms with Crippen molar-refractivity contribution in [2.24, 2.45) is 0 Å². The maximum Gasteiger partial charge on any atom is 0.260 e. The van der Waals surface area contributed by atoms with Crippen LogP contribution in [0, 0.1) is 18.3 Å². The average Bonchev–Trinajstić information content (AvgIpc) is 3.67. The summed E-state index contributed by atoms with van der Waals surface area (Å²) in [4.78, 5) is 0. The molecule has 2 aromatic heterocycles. The van der Waals surface area contributed by atoms with Crippen molar-refractivity contribution in [1.82, 2.24) is 9.13 Å². The summed E-state index contributed by atoms with van der Waals surface area (Å²) >= 11 is 0. The van der Waals surface area contributed by atoms with E-state index in [2.05, 4.69) is 131 Å². The molecule has 5 nitrogen and oxygen atoms in total. The van der Waals surface area contributed by atoms with Crippen molar-refractivity contribution in [3.63, 3.8) is 0 Å². The van der Waals surface area contributed by atoms with Crippen molar-refractivity contribution in [3.8, 4) is 40.4 Å². The van der Waals surface area contributed by atoms with Crippen LogP contribution in [-0.2, 0) is 0 Å². The van der Waals surface area contributed by atoms with Gasteiger partial charge in [-0.1, -0.05) is 96.6 Å². The minimum atomic E-state index is -0.116. The number of nitriles is 1. The highest BCUT2D eigenvalue weighted by molar-refractivity contribution is 6.98. The normalized spacial score (nSPS) is 12.8. The van der Waals surface area contributed by atoms with E-state index in [0.29, 0.717) is 22.7 Å². The van der Waals surface area contributed by atoms with Gasteiger partial charge >= 0.3 is 0 Å². The summed E-state index contributed by atoms with van der Waals surface area (Å²) in [7, 11) is 0. The van der Waals surface area contributed by atoms with Crippen molar-refractivity contribution >= 4 is 66.7 Å². The van der Waals surface area contributed by atoms with Crippen LogP contribution < -0.4 is 25.9 Å². The Morgan fingerprint density at radius 2 is 1.18 bits per heavy atom. The van der Waals surface area contributed by atoms with Gasteiger partial charge in [-0.05, 0) is 60.3 Å². The lowest BCUT2D eigenvalue weighted by Gasteiger charge is -2.34. The van der Waals surface area contributed by atoms with E-state index in [1.54, 1.807) is 0 Å². The monoisotopic (exact) mass is 639 g/mol. The van der Waals surface area contributed by atoms with Crippen LogP contribution in [-0.4, -0.2) is 15.8 Å². The summed E-state index contributed by atoms with van der Waals surface area (Å²) in [6, 6.07) is 51.1. The molecular weight excluding hydrogens is 613 g/mol. The van der Waals surface area contributed by atoms with Crippen LogP contribution in [0.4, 0.5) is 0 Å². The fraction of sp³-hybridized carbons (Fsp3) is 0.0227. The number of rotatable bonds is 2. The number of ether oxygens (including phenoxy) is 2. The first-order valence-electron chi connectivity index (χ1n) is 16.9. The molecule has 0 radical (unpaired) electrons. The van der Waals surface area contributed by atoms with Gasteiger partial charge in [-0.25, -0.2) is 0 Å². The Labute approximate surface area is 287 Å². The molecule has 0 bridgehead atoms. The van der Waals surface area contributed by atoms with Crippen molar-refractivity contribution in [2.75, 3.05) is 0 Å². The molecule has 7 aromatic carbocycles. The topological polar surface area (TPSA) is 52.1 Å². The Balaban J connectivity index is 1.31. The number of fused-ring (bicyclic) bond motifs is 10. The molecule has 0 spiro atoms. The Kier molecular flexibility index (Phi) is 5.41. The van der Waals surface area contributed by atoms with Crippen molar-refractivity contribution in [3.05, 3.63) is 151 Å². The maximum atomic E-state index is 10.9. The van der Waals surface area contributed by atoms with Gasteiger partial charge in [-0.2, -0.15) is 5.26 Å². The maximum absolute atomic E-state index is 10.9. The van der Waals surface area contributed by atoms with Gasteiger partial charge in [0.2, 0.25) is 0 Å². The molecule has 0 fully saturated rings. The Morgan fingerprint density at radius 3 is 1.94 bits per heavy atom. The van der Waals surface area contributed by atoms with E-state index in [9.17, 15) is 5.26 Å². The highest BCUT2D eigenvalue weighted by Crippen LogP contribution is 2.45. The first-order valence-corrected chi connectivity index (χ1v) is 16.9. The molecule has 2 aliphatic heterocycles. The van der Waals surface area contributed by atoms with E-state index in [0.717, 1.165) is 66.4 Å². The summed E-state index contributed by atoms with van der Waals surface area (Å²) in [6.07, 6.45) is 0. The van der Waals surface area contributed by atoms with Crippen LogP contribution >= 0.6 is 0 Å². The minimum Gasteiger partial charge on any atom is -0.458 e. The first-order chi connectivity index (χ1) is 24.7. The van der Waals surface area contributed by atoms with Gasteiger partial charge in [0.05, 0.1) is 33.3 Å². The van der Waals surface area contributed by atoms with Gasteiger partial charge in [0.15, 0.2) is 5.75 Å². The summed E-state index contributed by atoms with van der Waals surface area (Å²) < 4.78 is 18.2. The van der Waals surface area contributed by atoms with Crippen molar-refractivity contribution in [1.29, 1.82) is 5.26 Å².